The van der Waals surface area contributed by atoms with Crippen LogP contribution >= 0.6 is 0 Å². The quantitative estimate of drug-likeness (QED) is 0.865. The molecule has 0 saturated heterocycles. The van der Waals surface area contributed by atoms with Gasteiger partial charge in [0.1, 0.15) is 6.07 Å². The number of ether oxygens (including phenoxy) is 2. The van der Waals surface area contributed by atoms with Gasteiger partial charge in [-0.05, 0) is 43.7 Å². The number of nitrogens with one attached hydrogen (secondary N) is 1. The molecule has 25 heavy (non-hydrogen) atoms. The van der Waals surface area contributed by atoms with Crippen molar-refractivity contribution in [2.75, 3.05) is 12.4 Å². The van der Waals surface area contributed by atoms with E-state index in [1.165, 1.54) is 0 Å². The first-order valence-corrected chi connectivity index (χ1v) is 7.86. The SMILES string of the molecule is C/C=C/c1ccc(O[C@H](C)C(=O)Nc2ccccc2C#N)c(OC)c1. The van der Waals surface area contributed by atoms with Gasteiger partial charge >= 0.3 is 0 Å². The van der Waals surface area contributed by atoms with Crippen molar-refractivity contribution >= 4 is 17.7 Å². The molecule has 0 heterocycles. The molecule has 1 atom stereocenters. The summed E-state index contributed by atoms with van der Waals surface area (Å²) in [4.78, 5) is 12.4. The summed E-state index contributed by atoms with van der Waals surface area (Å²) in [6, 6.07) is 14.3. The molecule has 0 aliphatic heterocycles. The van der Waals surface area contributed by atoms with E-state index in [-0.39, 0.29) is 5.91 Å². The van der Waals surface area contributed by atoms with Crippen molar-refractivity contribution in [3.05, 3.63) is 59.7 Å². The van der Waals surface area contributed by atoms with Crippen molar-refractivity contribution in [2.45, 2.75) is 20.0 Å². The van der Waals surface area contributed by atoms with E-state index in [1.807, 2.05) is 37.3 Å². The number of allylic oxidation sites excluding steroid dienone is 1. The van der Waals surface area contributed by atoms with Gasteiger partial charge in [-0.2, -0.15) is 5.26 Å². The van der Waals surface area contributed by atoms with Crippen LogP contribution < -0.4 is 14.8 Å². The first kappa shape index (κ1) is 18.1. The molecule has 0 aliphatic rings. The highest BCUT2D eigenvalue weighted by Crippen LogP contribution is 2.29. The molecule has 0 radical (unpaired) electrons. The van der Waals surface area contributed by atoms with Gasteiger partial charge in [-0.1, -0.05) is 30.4 Å². The van der Waals surface area contributed by atoms with E-state index in [4.69, 9.17) is 14.7 Å². The third-order valence-corrected chi connectivity index (χ3v) is 3.53. The molecular weight excluding hydrogens is 316 g/mol. The maximum atomic E-state index is 12.4. The number of nitrogens with zero attached hydrogens (tertiary/aromatic N) is 1. The van der Waals surface area contributed by atoms with Crippen LogP contribution in [0, 0.1) is 11.3 Å². The molecular formula is C20H20N2O3. The Morgan fingerprint density at radius 2 is 2.00 bits per heavy atom. The van der Waals surface area contributed by atoms with Crippen molar-refractivity contribution < 1.29 is 14.3 Å². The number of rotatable bonds is 6. The molecule has 2 aromatic carbocycles. The lowest BCUT2D eigenvalue weighted by Crippen LogP contribution is -2.30. The highest BCUT2D eigenvalue weighted by molar-refractivity contribution is 5.95. The second kappa shape index (κ2) is 8.55. The normalized spacial score (nSPS) is 11.6. The van der Waals surface area contributed by atoms with E-state index in [9.17, 15) is 4.79 Å². The van der Waals surface area contributed by atoms with Gasteiger partial charge in [0.15, 0.2) is 17.6 Å². The number of carbonyl (C=O) groups is 1. The van der Waals surface area contributed by atoms with E-state index in [1.54, 1.807) is 44.4 Å². The molecule has 1 amide bonds. The minimum atomic E-state index is -0.756. The van der Waals surface area contributed by atoms with E-state index in [0.717, 1.165) is 5.56 Å². The minimum absolute atomic E-state index is 0.345. The Morgan fingerprint density at radius 1 is 1.24 bits per heavy atom. The number of methoxy groups -OCH3 is 1. The van der Waals surface area contributed by atoms with E-state index in [2.05, 4.69) is 5.32 Å². The molecule has 0 spiro atoms. The molecule has 2 rings (SSSR count). The van der Waals surface area contributed by atoms with Crippen LogP contribution in [0.15, 0.2) is 48.5 Å². The van der Waals surface area contributed by atoms with E-state index in [0.29, 0.717) is 22.7 Å². The molecule has 0 aliphatic carbocycles. The number of amides is 1. The first-order valence-electron chi connectivity index (χ1n) is 7.86. The topological polar surface area (TPSA) is 71.3 Å². The largest absolute Gasteiger partial charge is 0.493 e. The molecule has 0 saturated carbocycles. The number of para-hydroxylation sites is 1. The van der Waals surface area contributed by atoms with Crippen LogP contribution in [0.2, 0.25) is 0 Å². The molecule has 128 valence electrons. The van der Waals surface area contributed by atoms with Gasteiger partial charge in [-0.25, -0.2) is 0 Å². The summed E-state index contributed by atoms with van der Waals surface area (Å²) in [5.41, 5.74) is 1.84. The number of benzene rings is 2. The van der Waals surface area contributed by atoms with Gasteiger partial charge in [0.05, 0.1) is 18.4 Å². The van der Waals surface area contributed by atoms with Gasteiger partial charge in [0.2, 0.25) is 0 Å². The Morgan fingerprint density at radius 3 is 2.68 bits per heavy atom. The Bertz CT molecular complexity index is 822. The summed E-state index contributed by atoms with van der Waals surface area (Å²) in [7, 11) is 1.55. The third-order valence-electron chi connectivity index (χ3n) is 3.53. The molecule has 0 bridgehead atoms. The van der Waals surface area contributed by atoms with Crippen LogP contribution in [-0.2, 0) is 4.79 Å². The highest BCUT2D eigenvalue weighted by Gasteiger charge is 2.18. The first-order chi connectivity index (χ1) is 12.1. The predicted octanol–water partition coefficient (Wildman–Crippen LogP) is 4.01. The number of anilines is 1. The maximum Gasteiger partial charge on any atom is 0.265 e. The fraction of sp³-hybridized carbons (Fsp3) is 0.200. The van der Waals surface area contributed by atoms with E-state index < -0.39 is 6.10 Å². The fourth-order valence-corrected chi connectivity index (χ4v) is 2.25. The molecule has 2 aromatic rings. The zero-order valence-electron chi connectivity index (χ0n) is 14.4. The van der Waals surface area contributed by atoms with Crippen molar-refractivity contribution in [3.8, 4) is 17.6 Å². The minimum Gasteiger partial charge on any atom is -0.493 e. The summed E-state index contributed by atoms with van der Waals surface area (Å²) < 4.78 is 11.1. The van der Waals surface area contributed by atoms with Crippen molar-refractivity contribution in [1.82, 2.24) is 0 Å². The Kier molecular flexibility index (Phi) is 6.19. The number of hydrogen-bond acceptors (Lipinski definition) is 4. The van der Waals surface area contributed by atoms with E-state index >= 15 is 0 Å². The van der Waals surface area contributed by atoms with Crippen molar-refractivity contribution in [3.63, 3.8) is 0 Å². The predicted molar refractivity (Wildman–Crippen MR) is 97.6 cm³/mol. The second-order valence-electron chi connectivity index (χ2n) is 5.32. The summed E-state index contributed by atoms with van der Waals surface area (Å²) in [5, 5.41) is 11.8. The lowest BCUT2D eigenvalue weighted by Gasteiger charge is -2.17. The molecule has 1 N–H and O–H groups in total. The standard InChI is InChI=1S/C20H20N2O3/c1-4-7-15-10-11-18(19(12-15)24-3)25-14(2)20(23)22-17-9-6-5-8-16(17)13-21/h4-12,14H,1-3H3,(H,22,23)/b7-4+/t14-/m1/s1. The Hall–Kier alpha value is -3.26. The summed E-state index contributed by atoms with van der Waals surface area (Å²) in [5.74, 6) is 0.682. The van der Waals surface area contributed by atoms with Gasteiger partial charge in [0.25, 0.3) is 5.91 Å². The zero-order chi connectivity index (χ0) is 18.2. The number of carbonyl (C=O) groups excluding carboxylic acids is 1. The Labute approximate surface area is 147 Å². The molecule has 0 fully saturated rings. The van der Waals surface area contributed by atoms with Gasteiger partial charge in [-0.15, -0.1) is 0 Å². The fourth-order valence-electron chi connectivity index (χ4n) is 2.25. The van der Waals surface area contributed by atoms with Crippen LogP contribution in [0.5, 0.6) is 11.5 Å². The Balaban J connectivity index is 2.12. The highest BCUT2D eigenvalue weighted by atomic mass is 16.5. The van der Waals surface area contributed by atoms with Crippen molar-refractivity contribution in [2.24, 2.45) is 0 Å². The lowest BCUT2D eigenvalue weighted by molar-refractivity contribution is -0.122. The molecule has 0 unspecified atom stereocenters. The van der Waals surface area contributed by atoms with Gasteiger partial charge in [-0.3, -0.25) is 4.79 Å². The van der Waals surface area contributed by atoms with Crippen LogP contribution in [0.25, 0.3) is 6.08 Å². The van der Waals surface area contributed by atoms with Crippen LogP contribution in [0.3, 0.4) is 0 Å². The molecule has 5 heteroatoms. The molecule has 5 nitrogen and oxygen atoms in total. The smallest absolute Gasteiger partial charge is 0.265 e. The summed E-state index contributed by atoms with van der Waals surface area (Å²) in [6.45, 7) is 3.58. The van der Waals surface area contributed by atoms with Gasteiger partial charge < -0.3 is 14.8 Å². The molecule has 0 aromatic heterocycles. The second-order valence-corrected chi connectivity index (χ2v) is 5.32. The maximum absolute atomic E-state index is 12.4. The zero-order valence-corrected chi connectivity index (χ0v) is 14.4. The van der Waals surface area contributed by atoms with Crippen LogP contribution in [-0.4, -0.2) is 19.1 Å². The summed E-state index contributed by atoms with van der Waals surface area (Å²) >= 11 is 0. The lowest BCUT2D eigenvalue weighted by atomic mass is 10.2. The number of hydrogen-bond donors (Lipinski definition) is 1. The summed E-state index contributed by atoms with van der Waals surface area (Å²) in [6.07, 6.45) is 3.12. The number of nitriles is 1. The van der Waals surface area contributed by atoms with Crippen LogP contribution in [0.4, 0.5) is 5.69 Å². The average Bonchev–Trinajstić information content (AvgIpc) is 2.63. The monoisotopic (exact) mass is 336 g/mol. The van der Waals surface area contributed by atoms with Gasteiger partial charge in [0, 0.05) is 0 Å². The third kappa shape index (κ3) is 4.61. The van der Waals surface area contributed by atoms with Crippen LogP contribution in [0.1, 0.15) is 25.0 Å². The van der Waals surface area contributed by atoms with Crippen molar-refractivity contribution in [1.29, 1.82) is 5.26 Å². The average molecular weight is 336 g/mol.